The van der Waals surface area contributed by atoms with E-state index in [2.05, 4.69) is 9.97 Å². The first-order valence-electron chi connectivity index (χ1n) is 5.65. The van der Waals surface area contributed by atoms with Crippen LogP contribution in [0.25, 0.3) is 0 Å². The number of anilines is 1. The van der Waals surface area contributed by atoms with E-state index in [0.29, 0.717) is 28.1 Å². The number of rotatable bonds is 3. The number of hydrogen-bond acceptors (Lipinski definition) is 3. The highest BCUT2D eigenvalue weighted by molar-refractivity contribution is 6.36. The van der Waals surface area contributed by atoms with Crippen LogP contribution >= 0.6 is 23.2 Å². The molecular weight excluding hydrogens is 269 g/mol. The lowest BCUT2D eigenvalue weighted by molar-refractivity contribution is 0.911. The van der Waals surface area contributed by atoms with Crippen LogP contribution in [0.15, 0.2) is 24.3 Å². The maximum atomic E-state index is 6.12. The van der Waals surface area contributed by atoms with Gasteiger partial charge < -0.3 is 5.73 Å². The van der Waals surface area contributed by atoms with Crippen LogP contribution in [-0.4, -0.2) is 9.97 Å². The van der Waals surface area contributed by atoms with E-state index in [0.717, 1.165) is 17.7 Å². The Morgan fingerprint density at radius 2 is 1.83 bits per heavy atom. The van der Waals surface area contributed by atoms with Gasteiger partial charge in [-0.05, 0) is 24.1 Å². The van der Waals surface area contributed by atoms with E-state index >= 15 is 0 Å². The summed E-state index contributed by atoms with van der Waals surface area (Å²) in [5.74, 6) is 1.11. The van der Waals surface area contributed by atoms with Crippen molar-refractivity contribution in [2.45, 2.75) is 19.8 Å². The molecule has 0 amide bonds. The summed E-state index contributed by atoms with van der Waals surface area (Å²) in [6, 6.07) is 7.19. The Kier molecular flexibility index (Phi) is 4.04. The number of hydrogen-bond donors (Lipinski definition) is 1. The number of aromatic nitrogens is 2. The molecule has 5 heteroatoms. The fraction of sp³-hybridized carbons (Fsp3) is 0.231. The quantitative estimate of drug-likeness (QED) is 0.937. The molecule has 0 aliphatic rings. The Balaban J connectivity index is 2.37. The minimum atomic E-state index is 0.472. The SMILES string of the molecule is CCc1cc(N)nc(Cc2c(Cl)cccc2Cl)n1. The van der Waals surface area contributed by atoms with Gasteiger partial charge >= 0.3 is 0 Å². The molecule has 0 bridgehead atoms. The van der Waals surface area contributed by atoms with Gasteiger partial charge in [0.1, 0.15) is 11.6 Å². The van der Waals surface area contributed by atoms with Crippen molar-refractivity contribution >= 4 is 29.0 Å². The first-order valence-corrected chi connectivity index (χ1v) is 6.41. The van der Waals surface area contributed by atoms with Crippen LogP contribution in [0, 0.1) is 0 Å². The van der Waals surface area contributed by atoms with E-state index in [9.17, 15) is 0 Å². The summed E-state index contributed by atoms with van der Waals surface area (Å²) in [4.78, 5) is 8.63. The van der Waals surface area contributed by atoms with Crippen LogP contribution < -0.4 is 5.73 Å². The normalized spacial score (nSPS) is 10.6. The van der Waals surface area contributed by atoms with E-state index in [1.807, 2.05) is 13.0 Å². The second kappa shape index (κ2) is 5.55. The Morgan fingerprint density at radius 1 is 1.17 bits per heavy atom. The van der Waals surface area contributed by atoms with Gasteiger partial charge in [0.05, 0.1) is 0 Å². The molecule has 0 fully saturated rings. The third kappa shape index (κ3) is 2.92. The average Bonchev–Trinajstić information content (AvgIpc) is 2.33. The molecule has 0 atom stereocenters. The van der Waals surface area contributed by atoms with Crippen molar-refractivity contribution in [3.63, 3.8) is 0 Å². The van der Waals surface area contributed by atoms with Crippen LogP contribution in [0.2, 0.25) is 10.0 Å². The molecule has 2 aromatic rings. The molecule has 0 unspecified atom stereocenters. The molecule has 2 rings (SSSR count). The second-order valence-corrected chi connectivity index (χ2v) is 4.75. The monoisotopic (exact) mass is 281 g/mol. The molecule has 2 N–H and O–H groups in total. The van der Waals surface area contributed by atoms with Crippen molar-refractivity contribution in [2.75, 3.05) is 5.73 Å². The van der Waals surface area contributed by atoms with Gasteiger partial charge in [0.15, 0.2) is 0 Å². The summed E-state index contributed by atoms with van der Waals surface area (Å²) in [7, 11) is 0. The van der Waals surface area contributed by atoms with E-state index in [1.165, 1.54) is 0 Å². The molecule has 0 aliphatic carbocycles. The van der Waals surface area contributed by atoms with Gasteiger partial charge in [0.25, 0.3) is 0 Å². The van der Waals surface area contributed by atoms with Crippen molar-refractivity contribution in [3.05, 3.63) is 51.4 Å². The zero-order chi connectivity index (χ0) is 13.1. The van der Waals surface area contributed by atoms with Gasteiger partial charge in [-0.1, -0.05) is 36.2 Å². The van der Waals surface area contributed by atoms with Crippen LogP contribution in [0.3, 0.4) is 0 Å². The molecule has 94 valence electrons. The summed E-state index contributed by atoms with van der Waals surface area (Å²) < 4.78 is 0. The van der Waals surface area contributed by atoms with Gasteiger partial charge in [-0.3, -0.25) is 0 Å². The standard InChI is InChI=1S/C13H13Cl2N3/c1-2-8-6-12(16)18-13(17-8)7-9-10(14)4-3-5-11(9)15/h3-6H,2,7H2,1H3,(H2,16,17,18). The highest BCUT2D eigenvalue weighted by Gasteiger charge is 2.09. The summed E-state index contributed by atoms with van der Waals surface area (Å²) in [6.45, 7) is 2.02. The largest absolute Gasteiger partial charge is 0.384 e. The molecule has 0 saturated heterocycles. The van der Waals surface area contributed by atoms with Crippen molar-refractivity contribution < 1.29 is 0 Å². The Hall–Kier alpha value is -1.32. The van der Waals surface area contributed by atoms with Gasteiger partial charge in [-0.15, -0.1) is 0 Å². The van der Waals surface area contributed by atoms with E-state index in [-0.39, 0.29) is 0 Å². The second-order valence-electron chi connectivity index (χ2n) is 3.93. The lowest BCUT2D eigenvalue weighted by Crippen LogP contribution is -2.04. The molecule has 1 aromatic carbocycles. The van der Waals surface area contributed by atoms with E-state index < -0.39 is 0 Å². The predicted molar refractivity (Wildman–Crippen MR) is 75.1 cm³/mol. The fourth-order valence-corrected chi connectivity index (χ4v) is 2.23. The number of halogens is 2. The van der Waals surface area contributed by atoms with E-state index in [4.69, 9.17) is 28.9 Å². The highest BCUT2D eigenvalue weighted by Crippen LogP contribution is 2.26. The molecule has 18 heavy (non-hydrogen) atoms. The van der Waals surface area contributed by atoms with Crippen molar-refractivity contribution in [3.8, 4) is 0 Å². The van der Waals surface area contributed by atoms with Crippen LogP contribution in [0.5, 0.6) is 0 Å². The molecule has 0 aliphatic heterocycles. The Morgan fingerprint density at radius 3 is 2.44 bits per heavy atom. The van der Waals surface area contributed by atoms with Crippen LogP contribution in [0.1, 0.15) is 24.0 Å². The summed E-state index contributed by atoms with van der Waals surface area (Å²) >= 11 is 12.2. The number of aryl methyl sites for hydroxylation is 1. The Labute approximate surface area is 116 Å². The average molecular weight is 282 g/mol. The highest BCUT2D eigenvalue weighted by atomic mass is 35.5. The van der Waals surface area contributed by atoms with Crippen molar-refractivity contribution in [1.29, 1.82) is 0 Å². The third-order valence-electron chi connectivity index (χ3n) is 2.60. The first-order chi connectivity index (χ1) is 8.60. The summed E-state index contributed by atoms with van der Waals surface area (Å²) in [5, 5.41) is 1.23. The summed E-state index contributed by atoms with van der Waals surface area (Å²) in [5.41, 5.74) is 7.49. The van der Waals surface area contributed by atoms with Crippen molar-refractivity contribution in [2.24, 2.45) is 0 Å². The van der Waals surface area contributed by atoms with Crippen LogP contribution in [0.4, 0.5) is 5.82 Å². The molecule has 3 nitrogen and oxygen atoms in total. The van der Waals surface area contributed by atoms with Gasteiger partial charge in [-0.25, -0.2) is 9.97 Å². The maximum Gasteiger partial charge on any atom is 0.135 e. The third-order valence-corrected chi connectivity index (χ3v) is 3.31. The topological polar surface area (TPSA) is 51.8 Å². The molecule has 1 aromatic heterocycles. The molecule has 0 saturated carbocycles. The zero-order valence-corrected chi connectivity index (χ0v) is 11.5. The molecular formula is C13H13Cl2N3. The van der Waals surface area contributed by atoms with Crippen molar-refractivity contribution in [1.82, 2.24) is 9.97 Å². The van der Waals surface area contributed by atoms with Gasteiger partial charge in [0, 0.05) is 28.2 Å². The lowest BCUT2D eigenvalue weighted by Gasteiger charge is -2.07. The number of nitrogens with zero attached hydrogens (tertiary/aromatic N) is 2. The van der Waals surface area contributed by atoms with Crippen LogP contribution in [-0.2, 0) is 12.8 Å². The molecule has 0 radical (unpaired) electrons. The lowest BCUT2D eigenvalue weighted by atomic mass is 10.1. The molecule has 0 spiro atoms. The zero-order valence-electron chi connectivity index (χ0n) is 9.95. The van der Waals surface area contributed by atoms with E-state index in [1.54, 1.807) is 18.2 Å². The van der Waals surface area contributed by atoms with Gasteiger partial charge in [-0.2, -0.15) is 0 Å². The van der Waals surface area contributed by atoms with Gasteiger partial charge in [0.2, 0.25) is 0 Å². The number of benzene rings is 1. The first kappa shape index (κ1) is 13.1. The summed E-state index contributed by atoms with van der Waals surface area (Å²) in [6.07, 6.45) is 1.30. The predicted octanol–water partition coefficient (Wildman–Crippen LogP) is 3.52. The smallest absolute Gasteiger partial charge is 0.135 e. The Bertz CT molecular complexity index is 550. The minimum absolute atomic E-state index is 0.472. The number of nitrogens with two attached hydrogens (primary N) is 1. The molecule has 1 heterocycles. The number of nitrogen functional groups attached to an aromatic ring is 1. The fourth-order valence-electron chi connectivity index (χ4n) is 1.69. The minimum Gasteiger partial charge on any atom is -0.384 e. The maximum absolute atomic E-state index is 6.12.